The third-order valence-electron chi connectivity index (χ3n) is 0.558. The van der Waals surface area contributed by atoms with E-state index in [2.05, 4.69) is 11.4 Å². The number of hydrogen-bond donors (Lipinski definition) is 1. The summed E-state index contributed by atoms with van der Waals surface area (Å²) in [5, 5.41) is 2.98. The van der Waals surface area contributed by atoms with Gasteiger partial charge in [-0.15, -0.1) is 12.4 Å². The van der Waals surface area contributed by atoms with Crippen LogP contribution in [-0.4, -0.2) is 13.6 Å². The summed E-state index contributed by atoms with van der Waals surface area (Å²) in [6, 6.07) is 0. The molecule has 1 N–H and O–H groups in total. The smallest absolute Gasteiger partial charge is 0.0131 e. The first kappa shape index (κ1) is 10.1. The summed E-state index contributed by atoms with van der Waals surface area (Å²) >= 11 is 0. The van der Waals surface area contributed by atoms with Gasteiger partial charge in [0.15, 0.2) is 0 Å². The lowest BCUT2D eigenvalue weighted by Gasteiger charge is -1.81. The summed E-state index contributed by atoms with van der Waals surface area (Å²) in [7, 11) is 1.93. The lowest BCUT2D eigenvalue weighted by atomic mass is 10.5. The number of halogens is 1. The molecule has 0 bridgehead atoms. The number of hydrogen-bond acceptors (Lipinski definition) is 1. The summed E-state index contributed by atoms with van der Waals surface area (Å²) in [5.74, 6) is 0. The van der Waals surface area contributed by atoms with Crippen molar-refractivity contribution in [3.05, 3.63) is 12.2 Å². The zero-order valence-corrected chi connectivity index (χ0v) is 5.59. The molecule has 0 fully saturated rings. The molecule has 0 saturated heterocycles. The van der Waals surface area contributed by atoms with Crippen LogP contribution in [0.5, 0.6) is 0 Å². The Kier molecular flexibility index (Phi) is 13.5. The highest BCUT2D eigenvalue weighted by Gasteiger charge is 1.61. The molecule has 0 unspecified atom stereocenters. The van der Waals surface area contributed by atoms with E-state index in [1.165, 1.54) is 0 Å². The third-order valence-corrected chi connectivity index (χ3v) is 0.558. The molecule has 0 rings (SSSR count). The second-order valence-corrected chi connectivity index (χ2v) is 1.13. The molecule has 0 aliphatic heterocycles. The van der Waals surface area contributed by atoms with Crippen LogP contribution in [0.4, 0.5) is 0 Å². The van der Waals surface area contributed by atoms with Crippen molar-refractivity contribution in [3.8, 4) is 0 Å². The Morgan fingerprint density at radius 2 is 2.14 bits per heavy atom. The van der Waals surface area contributed by atoms with Gasteiger partial charge < -0.3 is 5.32 Å². The maximum atomic E-state index is 2.98. The molecule has 0 aromatic rings. The molecule has 0 saturated carbocycles. The van der Waals surface area contributed by atoms with Crippen LogP contribution >= 0.6 is 12.4 Å². The largest absolute Gasteiger partial charge is 0.316 e. The van der Waals surface area contributed by atoms with Gasteiger partial charge in [0, 0.05) is 6.54 Å². The minimum absolute atomic E-state index is 0. The summed E-state index contributed by atoms with van der Waals surface area (Å²) in [6.07, 6.45) is 4.09. The van der Waals surface area contributed by atoms with Crippen LogP contribution in [0.25, 0.3) is 0 Å². The Hall–Kier alpha value is -0.0100. The van der Waals surface area contributed by atoms with Gasteiger partial charge in [-0.1, -0.05) is 12.2 Å². The fourth-order valence-corrected chi connectivity index (χ4v) is 0.236. The molecule has 0 aliphatic rings. The van der Waals surface area contributed by atoms with Crippen LogP contribution < -0.4 is 5.32 Å². The molecule has 0 amide bonds. The van der Waals surface area contributed by atoms with Crippen molar-refractivity contribution >= 4 is 12.4 Å². The second kappa shape index (κ2) is 9.37. The molecular weight excluding hydrogens is 110 g/mol. The minimum atomic E-state index is 0. The van der Waals surface area contributed by atoms with Crippen molar-refractivity contribution in [1.29, 1.82) is 0 Å². The molecule has 7 heavy (non-hydrogen) atoms. The summed E-state index contributed by atoms with van der Waals surface area (Å²) in [6.45, 7) is 2.99. The first-order valence-corrected chi connectivity index (χ1v) is 2.17. The summed E-state index contributed by atoms with van der Waals surface area (Å²) in [5.41, 5.74) is 0. The molecule has 0 aromatic carbocycles. The van der Waals surface area contributed by atoms with Crippen LogP contribution in [-0.2, 0) is 0 Å². The highest BCUT2D eigenvalue weighted by atomic mass is 35.5. The van der Waals surface area contributed by atoms with E-state index in [-0.39, 0.29) is 12.4 Å². The van der Waals surface area contributed by atoms with E-state index in [1.807, 2.05) is 20.0 Å². The van der Waals surface area contributed by atoms with Crippen LogP contribution in [0.3, 0.4) is 0 Å². The molecule has 0 radical (unpaired) electrons. The molecule has 0 aromatic heterocycles. The quantitative estimate of drug-likeness (QED) is 0.542. The van der Waals surface area contributed by atoms with Crippen LogP contribution in [0, 0.1) is 0 Å². The maximum absolute atomic E-state index is 2.98. The van der Waals surface area contributed by atoms with Gasteiger partial charge in [-0.25, -0.2) is 0 Å². The Morgan fingerprint density at radius 3 is 2.29 bits per heavy atom. The standard InChI is InChI=1S/C5H11N.ClH/c1-3-4-5-6-2;/h3-4,6H,5H2,1-2H3;1H. The lowest BCUT2D eigenvalue weighted by molar-refractivity contribution is 0.918. The van der Waals surface area contributed by atoms with Gasteiger partial charge in [-0.2, -0.15) is 0 Å². The third kappa shape index (κ3) is 10.7. The van der Waals surface area contributed by atoms with E-state index in [1.54, 1.807) is 0 Å². The molecule has 0 atom stereocenters. The summed E-state index contributed by atoms with van der Waals surface area (Å²) in [4.78, 5) is 0. The van der Waals surface area contributed by atoms with Gasteiger partial charge in [-0.05, 0) is 14.0 Å². The fourth-order valence-electron chi connectivity index (χ4n) is 0.236. The van der Waals surface area contributed by atoms with Crippen molar-refractivity contribution in [1.82, 2.24) is 5.32 Å². The summed E-state index contributed by atoms with van der Waals surface area (Å²) < 4.78 is 0. The maximum Gasteiger partial charge on any atom is 0.0131 e. The first-order chi connectivity index (χ1) is 2.91. The predicted molar refractivity (Wildman–Crippen MR) is 36.0 cm³/mol. The topological polar surface area (TPSA) is 12.0 Å². The number of nitrogens with one attached hydrogen (secondary N) is 1. The number of allylic oxidation sites excluding steroid dienone is 1. The molecular formula is C5H12ClN. The van der Waals surface area contributed by atoms with E-state index in [0.717, 1.165) is 6.54 Å². The minimum Gasteiger partial charge on any atom is -0.316 e. The van der Waals surface area contributed by atoms with Crippen molar-refractivity contribution < 1.29 is 0 Å². The van der Waals surface area contributed by atoms with Gasteiger partial charge in [-0.3, -0.25) is 0 Å². The highest BCUT2D eigenvalue weighted by Crippen LogP contribution is 1.61. The Morgan fingerprint density at radius 1 is 1.57 bits per heavy atom. The van der Waals surface area contributed by atoms with E-state index < -0.39 is 0 Å². The van der Waals surface area contributed by atoms with E-state index in [9.17, 15) is 0 Å². The molecule has 1 nitrogen and oxygen atoms in total. The molecule has 0 aliphatic carbocycles. The van der Waals surface area contributed by atoms with Crippen LogP contribution in [0.2, 0.25) is 0 Å². The van der Waals surface area contributed by atoms with Crippen LogP contribution in [0.1, 0.15) is 6.92 Å². The fraction of sp³-hybridized carbons (Fsp3) is 0.600. The molecule has 0 heterocycles. The van der Waals surface area contributed by atoms with Crippen molar-refractivity contribution in [2.45, 2.75) is 6.92 Å². The SMILES string of the molecule is CC=CCNC.Cl. The monoisotopic (exact) mass is 121 g/mol. The van der Waals surface area contributed by atoms with E-state index in [4.69, 9.17) is 0 Å². The zero-order valence-electron chi connectivity index (χ0n) is 4.77. The molecule has 2 heteroatoms. The Labute approximate surface area is 51.2 Å². The average molecular weight is 122 g/mol. The number of likely N-dealkylation sites (N-methyl/N-ethyl adjacent to an activating group) is 1. The van der Waals surface area contributed by atoms with Crippen molar-refractivity contribution in [2.75, 3.05) is 13.6 Å². The second-order valence-electron chi connectivity index (χ2n) is 1.13. The Bertz CT molecular complexity index is 43.3. The van der Waals surface area contributed by atoms with Crippen LogP contribution in [0.15, 0.2) is 12.2 Å². The van der Waals surface area contributed by atoms with E-state index >= 15 is 0 Å². The Balaban J connectivity index is 0. The highest BCUT2D eigenvalue weighted by molar-refractivity contribution is 5.85. The zero-order chi connectivity index (χ0) is 4.83. The van der Waals surface area contributed by atoms with Gasteiger partial charge in [0.1, 0.15) is 0 Å². The van der Waals surface area contributed by atoms with Gasteiger partial charge in [0.2, 0.25) is 0 Å². The first-order valence-electron chi connectivity index (χ1n) is 2.17. The molecule has 0 spiro atoms. The molecule has 44 valence electrons. The van der Waals surface area contributed by atoms with E-state index in [0.29, 0.717) is 0 Å². The van der Waals surface area contributed by atoms with Crippen molar-refractivity contribution in [2.24, 2.45) is 0 Å². The lowest BCUT2D eigenvalue weighted by Crippen LogP contribution is -2.03. The van der Waals surface area contributed by atoms with Gasteiger partial charge in [0.25, 0.3) is 0 Å². The normalized spacial score (nSPS) is 8.86. The predicted octanol–water partition coefficient (Wildman–Crippen LogP) is 1.20. The average Bonchev–Trinajstić information content (AvgIpc) is 1.61. The van der Waals surface area contributed by atoms with Gasteiger partial charge >= 0.3 is 0 Å². The van der Waals surface area contributed by atoms with Gasteiger partial charge in [0.05, 0.1) is 0 Å². The number of rotatable bonds is 2. The van der Waals surface area contributed by atoms with Crippen molar-refractivity contribution in [3.63, 3.8) is 0 Å².